The van der Waals surface area contributed by atoms with Crippen LogP contribution in [0, 0.1) is 5.92 Å². The third kappa shape index (κ3) is 2.78. The normalized spacial score (nSPS) is 25.4. The monoisotopic (exact) mass is 383 g/mol. The maximum absolute atomic E-state index is 10.2. The lowest BCUT2D eigenvalue weighted by Gasteiger charge is -2.49. The molecule has 1 spiro atoms. The van der Waals surface area contributed by atoms with Crippen molar-refractivity contribution in [1.29, 1.82) is 0 Å². The zero-order chi connectivity index (χ0) is 19.5. The molecule has 2 aliphatic heterocycles. The molecule has 5 heteroatoms. The molecule has 0 bridgehead atoms. The maximum atomic E-state index is 10.2. The Bertz CT molecular complexity index is 878. The quantitative estimate of drug-likeness (QED) is 0.881. The molecular weight excluding hydrogens is 350 g/mol. The molecular formula is C23H33N3O2. The first-order chi connectivity index (χ1) is 13.6. The highest BCUT2D eigenvalue weighted by Gasteiger charge is 2.47. The Labute approximate surface area is 167 Å². The van der Waals surface area contributed by atoms with Crippen LogP contribution in [0.5, 0.6) is 5.75 Å². The fraction of sp³-hybridized carbons (Fsp3) is 0.652. The fourth-order valence-corrected chi connectivity index (χ4v) is 5.85. The third-order valence-corrected chi connectivity index (χ3v) is 7.58. The van der Waals surface area contributed by atoms with Crippen molar-refractivity contribution in [3.8, 4) is 5.75 Å². The highest BCUT2D eigenvalue weighted by Crippen LogP contribution is 2.49. The Morgan fingerprint density at radius 2 is 1.93 bits per heavy atom. The highest BCUT2D eigenvalue weighted by molar-refractivity contribution is 5.88. The Balaban J connectivity index is 1.60. The molecule has 3 heterocycles. The van der Waals surface area contributed by atoms with Crippen molar-refractivity contribution in [2.24, 2.45) is 13.0 Å². The Morgan fingerprint density at radius 3 is 2.57 bits per heavy atom. The number of nitrogens with zero attached hydrogens (tertiary/aromatic N) is 3. The zero-order valence-corrected chi connectivity index (χ0v) is 17.4. The number of methoxy groups -OCH3 is 1. The Morgan fingerprint density at radius 1 is 1.18 bits per heavy atom. The van der Waals surface area contributed by atoms with Gasteiger partial charge in [-0.15, -0.1) is 0 Å². The van der Waals surface area contributed by atoms with Gasteiger partial charge in [-0.1, -0.05) is 0 Å². The van der Waals surface area contributed by atoms with E-state index in [0.29, 0.717) is 0 Å². The maximum Gasteiger partial charge on any atom is 0.120 e. The first-order valence-electron chi connectivity index (χ1n) is 10.8. The number of piperidine rings is 1. The number of aliphatic hydroxyl groups is 1. The summed E-state index contributed by atoms with van der Waals surface area (Å²) in [6, 6.07) is 6.54. The minimum absolute atomic E-state index is 0.0634. The molecule has 1 aromatic carbocycles. The predicted octanol–water partition coefficient (Wildman–Crippen LogP) is 2.91. The molecule has 1 aromatic heterocycles. The van der Waals surface area contributed by atoms with Crippen LogP contribution in [-0.4, -0.2) is 66.4 Å². The molecule has 2 aromatic rings. The first-order valence-corrected chi connectivity index (χ1v) is 10.8. The number of aryl methyl sites for hydroxylation is 1. The van der Waals surface area contributed by atoms with Crippen molar-refractivity contribution in [3.63, 3.8) is 0 Å². The molecule has 0 radical (unpaired) electrons. The van der Waals surface area contributed by atoms with Crippen molar-refractivity contribution in [1.82, 2.24) is 14.4 Å². The number of hydrogen-bond donors (Lipinski definition) is 1. The summed E-state index contributed by atoms with van der Waals surface area (Å²) in [6.45, 7) is 4.88. The molecule has 0 amide bonds. The number of fused-ring (bicyclic) bond motifs is 4. The van der Waals surface area contributed by atoms with Crippen LogP contribution in [0.1, 0.15) is 43.0 Å². The lowest BCUT2D eigenvalue weighted by molar-refractivity contribution is 0.0629. The van der Waals surface area contributed by atoms with Gasteiger partial charge in [-0.3, -0.25) is 4.90 Å². The standard InChI is InChI=1S/C23H33N3O2/c1-24-15-23(8-10-26(11-9-23)13-16-4-5-16)21-18-7-6-17(28-3)12-19(18)25(2)22(21)20(24)14-27/h6-7,12,16,20,27H,4-5,8-11,13-15H2,1-3H3/t20-/m1/s1. The molecule has 3 aliphatic rings. The van der Waals surface area contributed by atoms with E-state index < -0.39 is 0 Å². The highest BCUT2D eigenvalue weighted by atomic mass is 16.5. The second-order valence-electron chi connectivity index (χ2n) is 9.34. The molecule has 1 saturated carbocycles. The third-order valence-electron chi connectivity index (χ3n) is 7.58. The summed E-state index contributed by atoms with van der Waals surface area (Å²) in [5, 5.41) is 11.6. The molecule has 152 valence electrons. The van der Waals surface area contributed by atoms with Gasteiger partial charge in [0.25, 0.3) is 0 Å². The van der Waals surface area contributed by atoms with Crippen LogP contribution < -0.4 is 4.74 Å². The van der Waals surface area contributed by atoms with Crippen molar-refractivity contribution in [2.75, 3.05) is 46.9 Å². The smallest absolute Gasteiger partial charge is 0.120 e. The largest absolute Gasteiger partial charge is 0.497 e. The summed E-state index contributed by atoms with van der Waals surface area (Å²) in [5.74, 6) is 1.86. The first kappa shape index (κ1) is 18.5. The Hall–Kier alpha value is -1.56. The summed E-state index contributed by atoms with van der Waals surface area (Å²) in [6.07, 6.45) is 5.27. The van der Waals surface area contributed by atoms with Gasteiger partial charge in [-0.05, 0) is 69.4 Å². The molecule has 2 fully saturated rings. The number of likely N-dealkylation sites (N-methyl/N-ethyl adjacent to an activating group) is 1. The van der Waals surface area contributed by atoms with E-state index in [0.717, 1.165) is 18.2 Å². The summed E-state index contributed by atoms with van der Waals surface area (Å²) < 4.78 is 7.81. The zero-order valence-electron chi connectivity index (χ0n) is 17.4. The van der Waals surface area contributed by atoms with Crippen LogP contribution in [0.2, 0.25) is 0 Å². The lowest BCUT2D eigenvalue weighted by atomic mass is 9.68. The van der Waals surface area contributed by atoms with E-state index in [2.05, 4.69) is 46.7 Å². The van der Waals surface area contributed by atoms with E-state index in [4.69, 9.17) is 4.74 Å². The van der Waals surface area contributed by atoms with Crippen LogP contribution >= 0.6 is 0 Å². The van der Waals surface area contributed by atoms with Gasteiger partial charge in [-0.2, -0.15) is 0 Å². The van der Waals surface area contributed by atoms with Crippen LogP contribution in [-0.2, 0) is 12.5 Å². The number of aliphatic hydroxyl groups excluding tert-OH is 1. The molecule has 28 heavy (non-hydrogen) atoms. The summed E-state index contributed by atoms with van der Waals surface area (Å²) in [5.41, 5.74) is 4.20. The number of aromatic nitrogens is 1. The van der Waals surface area contributed by atoms with E-state index in [1.54, 1.807) is 7.11 Å². The van der Waals surface area contributed by atoms with E-state index in [9.17, 15) is 5.11 Å². The topological polar surface area (TPSA) is 40.9 Å². The van der Waals surface area contributed by atoms with Crippen molar-refractivity contribution in [2.45, 2.75) is 37.1 Å². The molecule has 5 nitrogen and oxygen atoms in total. The van der Waals surface area contributed by atoms with Crippen molar-refractivity contribution < 1.29 is 9.84 Å². The van der Waals surface area contributed by atoms with Gasteiger partial charge in [0, 0.05) is 42.7 Å². The molecule has 5 rings (SSSR count). The SMILES string of the molecule is COc1ccc2c3c(n(C)c2c1)[C@@H](CO)N(C)CC31CCN(CC2CC2)CC1. The summed E-state index contributed by atoms with van der Waals surface area (Å²) >= 11 is 0. The molecule has 1 atom stereocenters. The van der Waals surface area contributed by atoms with Gasteiger partial charge in [0.1, 0.15) is 5.75 Å². The second-order valence-corrected chi connectivity index (χ2v) is 9.34. The van der Waals surface area contributed by atoms with E-state index in [1.807, 2.05) is 0 Å². The number of ether oxygens (including phenoxy) is 1. The molecule has 1 saturated heterocycles. The van der Waals surface area contributed by atoms with E-state index in [1.165, 1.54) is 67.5 Å². The minimum atomic E-state index is 0.0634. The number of hydrogen-bond acceptors (Lipinski definition) is 4. The molecule has 1 N–H and O–H groups in total. The van der Waals surface area contributed by atoms with E-state index in [-0.39, 0.29) is 18.1 Å². The second kappa shape index (κ2) is 6.75. The van der Waals surface area contributed by atoms with Crippen LogP contribution in [0.4, 0.5) is 0 Å². The average molecular weight is 384 g/mol. The number of rotatable bonds is 4. The number of likely N-dealkylation sites (tertiary alicyclic amines) is 1. The van der Waals surface area contributed by atoms with Crippen LogP contribution in [0.15, 0.2) is 18.2 Å². The minimum Gasteiger partial charge on any atom is -0.497 e. The van der Waals surface area contributed by atoms with Gasteiger partial charge in [0.05, 0.1) is 25.3 Å². The summed E-state index contributed by atoms with van der Waals surface area (Å²) in [4.78, 5) is 5.07. The predicted molar refractivity (Wildman–Crippen MR) is 112 cm³/mol. The number of benzene rings is 1. The average Bonchev–Trinajstić information content (AvgIpc) is 3.47. The van der Waals surface area contributed by atoms with Gasteiger partial charge in [0.2, 0.25) is 0 Å². The van der Waals surface area contributed by atoms with Crippen molar-refractivity contribution in [3.05, 3.63) is 29.5 Å². The Kier molecular flexibility index (Phi) is 4.45. The lowest BCUT2D eigenvalue weighted by Crippen LogP contribution is -2.53. The summed E-state index contributed by atoms with van der Waals surface area (Å²) in [7, 11) is 6.06. The van der Waals surface area contributed by atoms with E-state index >= 15 is 0 Å². The van der Waals surface area contributed by atoms with Crippen LogP contribution in [0.25, 0.3) is 10.9 Å². The van der Waals surface area contributed by atoms with Crippen LogP contribution in [0.3, 0.4) is 0 Å². The van der Waals surface area contributed by atoms with Crippen molar-refractivity contribution >= 4 is 10.9 Å². The van der Waals surface area contributed by atoms with Gasteiger partial charge in [-0.25, -0.2) is 0 Å². The van der Waals surface area contributed by atoms with Gasteiger partial charge < -0.3 is 19.3 Å². The van der Waals surface area contributed by atoms with Gasteiger partial charge >= 0.3 is 0 Å². The fourth-order valence-electron chi connectivity index (χ4n) is 5.85. The molecule has 1 aliphatic carbocycles. The van der Waals surface area contributed by atoms with Gasteiger partial charge in [0.15, 0.2) is 0 Å². The molecule has 0 unspecified atom stereocenters.